The van der Waals surface area contributed by atoms with Gasteiger partial charge in [0, 0.05) is 30.9 Å². The Morgan fingerprint density at radius 3 is 2.73 bits per heavy atom. The minimum Gasteiger partial charge on any atom is -0.450 e. The molecule has 1 amide bonds. The van der Waals surface area contributed by atoms with E-state index in [1.165, 1.54) is 5.56 Å². The second-order valence-electron chi connectivity index (χ2n) is 7.02. The van der Waals surface area contributed by atoms with Crippen molar-refractivity contribution < 1.29 is 9.53 Å². The van der Waals surface area contributed by atoms with Crippen LogP contribution in [0.1, 0.15) is 36.0 Å². The first-order valence-corrected chi connectivity index (χ1v) is 11.0. The van der Waals surface area contributed by atoms with Crippen LogP contribution in [-0.2, 0) is 24.1 Å². The Kier molecular flexibility index (Phi) is 10.4. The highest BCUT2D eigenvalue weighted by Gasteiger charge is 2.23. The van der Waals surface area contributed by atoms with Crippen molar-refractivity contribution in [2.24, 2.45) is 10.7 Å². The molecule has 3 rings (SSSR count). The third kappa shape index (κ3) is 7.75. The minimum absolute atomic E-state index is 0. The summed E-state index contributed by atoms with van der Waals surface area (Å²) in [5.74, 6) is 0.429. The van der Waals surface area contributed by atoms with Gasteiger partial charge in [-0.05, 0) is 31.7 Å². The number of amides is 1. The first-order chi connectivity index (χ1) is 14.1. The van der Waals surface area contributed by atoms with Crippen LogP contribution in [0.5, 0.6) is 0 Å². The molecule has 0 aliphatic carbocycles. The van der Waals surface area contributed by atoms with Crippen LogP contribution in [0, 0.1) is 0 Å². The molecule has 7 nitrogen and oxygen atoms in total. The molecule has 1 saturated heterocycles. The number of guanidine groups is 1. The molecule has 1 aliphatic heterocycles. The number of aromatic nitrogens is 1. The van der Waals surface area contributed by atoms with Crippen molar-refractivity contribution in [1.29, 1.82) is 0 Å². The van der Waals surface area contributed by atoms with Crippen molar-refractivity contribution in [3.63, 3.8) is 0 Å². The molecule has 1 aromatic heterocycles. The SMILES string of the molecule is CCOC(=O)N1CCC(NC(N)=NCc2csc(CCc3ccccc3)n2)CC1.I. The molecule has 1 aromatic carbocycles. The summed E-state index contributed by atoms with van der Waals surface area (Å²) in [4.78, 5) is 22.6. The number of nitrogens with zero attached hydrogens (tertiary/aromatic N) is 3. The predicted molar refractivity (Wildman–Crippen MR) is 131 cm³/mol. The number of carbonyl (C=O) groups excluding carboxylic acids is 1. The van der Waals surface area contributed by atoms with Crippen LogP contribution in [0.25, 0.3) is 0 Å². The summed E-state index contributed by atoms with van der Waals surface area (Å²) in [6.07, 6.45) is 3.35. The molecule has 1 fully saturated rings. The fraction of sp³-hybridized carbons (Fsp3) is 0.476. The van der Waals surface area contributed by atoms with Crippen molar-refractivity contribution >= 4 is 47.4 Å². The largest absolute Gasteiger partial charge is 0.450 e. The van der Waals surface area contributed by atoms with Gasteiger partial charge in [-0.2, -0.15) is 0 Å². The Bertz CT molecular complexity index is 807. The molecule has 0 atom stereocenters. The van der Waals surface area contributed by atoms with E-state index < -0.39 is 0 Å². The number of piperidine rings is 1. The van der Waals surface area contributed by atoms with Gasteiger partial charge in [-0.1, -0.05) is 30.3 Å². The molecule has 0 unspecified atom stereocenters. The zero-order valence-electron chi connectivity index (χ0n) is 17.3. The van der Waals surface area contributed by atoms with E-state index in [0.717, 1.165) is 36.4 Å². The Balaban J connectivity index is 0.00000320. The van der Waals surface area contributed by atoms with Crippen molar-refractivity contribution in [3.8, 4) is 0 Å². The summed E-state index contributed by atoms with van der Waals surface area (Å²) in [6.45, 7) is 4.03. The van der Waals surface area contributed by atoms with Crippen LogP contribution < -0.4 is 11.1 Å². The van der Waals surface area contributed by atoms with E-state index in [1.807, 2.05) is 13.0 Å². The van der Waals surface area contributed by atoms with E-state index in [4.69, 9.17) is 10.5 Å². The second kappa shape index (κ2) is 12.7. The highest BCUT2D eigenvalue weighted by molar-refractivity contribution is 14.0. The zero-order valence-corrected chi connectivity index (χ0v) is 20.4. The molecular weight excluding hydrogens is 513 g/mol. The number of carbonyl (C=O) groups is 1. The lowest BCUT2D eigenvalue weighted by Gasteiger charge is -2.31. The molecule has 0 radical (unpaired) electrons. The van der Waals surface area contributed by atoms with Crippen molar-refractivity contribution in [2.45, 2.75) is 45.2 Å². The fourth-order valence-electron chi connectivity index (χ4n) is 3.27. The standard InChI is InChI=1S/C21H29N5O2S.HI/c1-2-28-21(27)26-12-10-17(11-13-26)25-20(22)23-14-18-15-29-19(24-18)9-8-16-6-4-3-5-7-16;/h3-7,15,17H,2,8-14H2,1H3,(H3,22,23,25);1H. The quantitative estimate of drug-likeness (QED) is 0.317. The number of nitrogens with two attached hydrogens (primary N) is 1. The number of hydrogen-bond acceptors (Lipinski definition) is 5. The number of rotatable bonds is 7. The highest BCUT2D eigenvalue weighted by atomic mass is 127. The monoisotopic (exact) mass is 543 g/mol. The maximum absolute atomic E-state index is 11.7. The van der Waals surface area contributed by atoms with Crippen molar-refractivity contribution in [2.75, 3.05) is 19.7 Å². The van der Waals surface area contributed by atoms with Crippen LogP contribution >= 0.6 is 35.3 Å². The molecule has 0 bridgehead atoms. The van der Waals surface area contributed by atoms with E-state index in [0.29, 0.717) is 32.2 Å². The van der Waals surface area contributed by atoms with Crippen LogP contribution in [-0.4, -0.2) is 47.7 Å². The molecule has 0 spiro atoms. The molecule has 2 aromatic rings. The van der Waals surface area contributed by atoms with Crippen molar-refractivity contribution in [3.05, 3.63) is 52.0 Å². The lowest BCUT2D eigenvalue weighted by Crippen LogP contribution is -2.48. The third-order valence-electron chi connectivity index (χ3n) is 4.85. The Hall–Kier alpha value is -1.88. The molecule has 1 aliphatic rings. The minimum atomic E-state index is -0.237. The molecular formula is C21H30IN5O2S. The van der Waals surface area contributed by atoms with Gasteiger partial charge in [0.2, 0.25) is 0 Å². The summed E-state index contributed by atoms with van der Waals surface area (Å²) in [5, 5.41) is 6.43. The van der Waals surface area contributed by atoms with Crippen LogP contribution in [0.2, 0.25) is 0 Å². The van der Waals surface area contributed by atoms with Crippen LogP contribution in [0.3, 0.4) is 0 Å². The lowest BCUT2D eigenvalue weighted by molar-refractivity contribution is 0.0963. The van der Waals surface area contributed by atoms with Gasteiger partial charge in [0.1, 0.15) is 0 Å². The lowest BCUT2D eigenvalue weighted by atomic mass is 10.1. The number of benzene rings is 1. The number of aryl methyl sites for hydroxylation is 2. The van der Waals surface area contributed by atoms with E-state index >= 15 is 0 Å². The Morgan fingerprint density at radius 2 is 2.03 bits per heavy atom. The van der Waals surface area contributed by atoms with Gasteiger partial charge in [0.05, 0.1) is 23.9 Å². The molecule has 30 heavy (non-hydrogen) atoms. The summed E-state index contributed by atoms with van der Waals surface area (Å²) in [5.41, 5.74) is 8.31. The predicted octanol–water partition coefficient (Wildman–Crippen LogP) is 3.57. The molecule has 2 heterocycles. The molecule has 9 heteroatoms. The van der Waals surface area contributed by atoms with E-state index in [2.05, 4.69) is 44.9 Å². The number of thiazole rings is 1. The van der Waals surface area contributed by atoms with Gasteiger partial charge in [-0.3, -0.25) is 0 Å². The maximum Gasteiger partial charge on any atom is 0.409 e. The van der Waals surface area contributed by atoms with Gasteiger partial charge in [0.15, 0.2) is 5.96 Å². The number of nitrogens with one attached hydrogen (secondary N) is 1. The number of ether oxygens (including phenoxy) is 1. The van der Waals surface area contributed by atoms with E-state index in [-0.39, 0.29) is 36.1 Å². The number of hydrogen-bond donors (Lipinski definition) is 2. The molecule has 3 N–H and O–H groups in total. The van der Waals surface area contributed by atoms with Crippen LogP contribution in [0.4, 0.5) is 4.79 Å². The molecule has 0 saturated carbocycles. The fourth-order valence-corrected chi connectivity index (χ4v) is 4.06. The first-order valence-electron chi connectivity index (χ1n) is 10.1. The van der Waals surface area contributed by atoms with Gasteiger partial charge >= 0.3 is 6.09 Å². The summed E-state index contributed by atoms with van der Waals surface area (Å²) >= 11 is 1.67. The molecule has 164 valence electrons. The van der Waals surface area contributed by atoms with Gasteiger partial charge < -0.3 is 20.7 Å². The second-order valence-corrected chi connectivity index (χ2v) is 7.97. The van der Waals surface area contributed by atoms with Crippen molar-refractivity contribution in [1.82, 2.24) is 15.2 Å². The number of likely N-dealkylation sites (tertiary alicyclic amines) is 1. The van der Waals surface area contributed by atoms with Gasteiger partial charge in [0.25, 0.3) is 0 Å². The number of aliphatic imine (C=N–C) groups is 1. The normalized spacial score (nSPS) is 14.8. The zero-order chi connectivity index (χ0) is 20.5. The van der Waals surface area contributed by atoms with Gasteiger partial charge in [-0.15, -0.1) is 35.3 Å². The average molecular weight is 543 g/mol. The highest BCUT2D eigenvalue weighted by Crippen LogP contribution is 2.14. The third-order valence-corrected chi connectivity index (χ3v) is 5.81. The smallest absolute Gasteiger partial charge is 0.409 e. The Labute approximate surface area is 199 Å². The number of halogens is 1. The maximum atomic E-state index is 11.7. The van der Waals surface area contributed by atoms with Gasteiger partial charge in [-0.25, -0.2) is 14.8 Å². The summed E-state index contributed by atoms with van der Waals surface area (Å²) < 4.78 is 5.04. The average Bonchev–Trinajstić information content (AvgIpc) is 3.20. The summed E-state index contributed by atoms with van der Waals surface area (Å²) in [6, 6.07) is 10.7. The first kappa shape index (κ1) is 24.4. The van der Waals surface area contributed by atoms with E-state index in [1.54, 1.807) is 16.2 Å². The Morgan fingerprint density at radius 1 is 1.30 bits per heavy atom. The topological polar surface area (TPSA) is 92.8 Å². The van der Waals surface area contributed by atoms with Crippen LogP contribution in [0.15, 0.2) is 40.7 Å². The summed E-state index contributed by atoms with van der Waals surface area (Å²) in [7, 11) is 0. The van der Waals surface area contributed by atoms with E-state index in [9.17, 15) is 4.79 Å².